The smallest absolute Gasteiger partial charge is 0.181 e. The van der Waals surface area contributed by atoms with Crippen LogP contribution in [0, 0.1) is 12.8 Å². The fourth-order valence-corrected chi connectivity index (χ4v) is 5.38. The van der Waals surface area contributed by atoms with Crippen molar-refractivity contribution in [1.29, 1.82) is 0 Å². The number of fused-ring (bicyclic) bond motifs is 2. The van der Waals surface area contributed by atoms with Crippen LogP contribution in [0.1, 0.15) is 36.9 Å². The van der Waals surface area contributed by atoms with E-state index in [4.69, 9.17) is 4.98 Å². The summed E-state index contributed by atoms with van der Waals surface area (Å²) in [5, 5.41) is 12.1. The summed E-state index contributed by atoms with van der Waals surface area (Å²) in [6, 6.07) is 6.20. The van der Waals surface area contributed by atoms with Crippen LogP contribution in [-0.4, -0.2) is 51.2 Å². The molecule has 7 rings (SSSR count). The molecule has 1 aliphatic carbocycles. The Labute approximate surface area is 219 Å². The number of imidazole rings is 2. The summed E-state index contributed by atoms with van der Waals surface area (Å²) in [7, 11) is 0. The van der Waals surface area contributed by atoms with Crippen LogP contribution >= 0.6 is 0 Å². The van der Waals surface area contributed by atoms with Crippen molar-refractivity contribution < 1.29 is 0 Å². The van der Waals surface area contributed by atoms with Gasteiger partial charge in [-0.15, -0.1) is 0 Å². The van der Waals surface area contributed by atoms with Crippen LogP contribution < -0.4 is 5.32 Å². The van der Waals surface area contributed by atoms with Crippen molar-refractivity contribution in [3.63, 3.8) is 0 Å². The third kappa shape index (κ3) is 4.22. The quantitative estimate of drug-likeness (QED) is 0.287. The predicted molar refractivity (Wildman–Crippen MR) is 146 cm³/mol. The van der Waals surface area contributed by atoms with Gasteiger partial charge in [0, 0.05) is 48.7 Å². The lowest BCUT2D eigenvalue weighted by Gasteiger charge is -2.11. The number of aromatic amines is 2. The topological polar surface area (TPSA) is 126 Å². The normalized spacial score (nSPS) is 14.2. The predicted octanol–water partition coefficient (Wildman–Crippen LogP) is 4.73. The molecule has 1 saturated carbocycles. The second-order valence-corrected chi connectivity index (χ2v) is 10.1. The van der Waals surface area contributed by atoms with E-state index in [1.54, 1.807) is 12.5 Å². The molecule has 6 aromatic rings. The highest BCUT2D eigenvalue weighted by Crippen LogP contribution is 2.30. The zero-order valence-electron chi connectivity index (χ0n) is 21.1. The van der Waals surface area contributed by atoms with Crippen molar-refractivity contribution in [2.45, 2.75) is 39.2 Å². The Morgan fingerprint density at radius 1 is 1.05 bits per heavy atom. The minimum atomic E-state index is 0.634. The van der Waals surface area contributed by atoms with Crippen LogP contribution in [0.15, 0.2) is 55.5 Å². The van der Waals surface area contributed by atoms with Crippen LogP contribution in [0.25, 0.3) is 50.5 Å². The molecule has 0 bridgehead atoms. The molecule has 10 nitrogen and oxygen atoms in total. The number of aromatic nitrogens is 9. The lowest BCUT2D eigenvalue weighted by molar-refractivity contribution is 0.489. The zero-order chi connectivity index (χ0) is 25.5. The van der Waals surface area contributed by atoms with E-state index in [0.29, 0.717) is 11.5 Å². The average molecular weight is 505 g/mol. The van der Waals surface area contributed by atoms with Gasteiger partial charge in [0.1, 0.15) is 17.5 Å². The van der Waals surface area contributed by atoms with Gasteiger partial charge in [-0.1, -0.05) is 12.8 Å². The van der Waals surface area contributed by atoms with Crippen LogP contribution in [0.4, 0.5) is 0 Å². The molecule has 6 aromatic heterocycles. The fourth-order valence-electron chi connectivity index (χ4n) is 5.38. The van der Waals surface area contributed by atoms with Crippen LogP contribution in [0.5, 0.6) is 0 Å². The number of nitrogens with zero attached hydrogens (tertiary/aromatic N) is 7. The van der Waals surface area contributed by atoms with E-state index in [9.17, 15) is 0 Å². The van der Waals surface area contributed by atoms with E-state index in [1.165, 1.54) is 31.2 Å². The molecule has 1 aliphatic rings. The Morgan fingerprint density at radius 3 is 2.82 bits per heavy atom. The number of nitrogens with one attached hydrogen (secondary N) is 3. The van der Waals surface area contributed by atoms with Crippen molar-refractivity contribution in [3.8, 4) is 28.5 Å². The highest BCUT2D eigenvalue weighted by atomic mass is 15.2. The van der Waals surface area contributed by atoms with Crippen LogP contribution in [-0.2, 0) is 6.54 Å². The Balaban J connectivity index is 1.20. The lowest BCUT2D eigenvalue weighted by Crippen LogP contribution is -2.20. The third-order valence-corrected chi connectivity index (χ3v) is 7.35. The fraction of sp³-hybridized carbons (Fsp3) is 0.286. The van der Waals surface area contributed by atoms with Gasteiger partial charge >= 0.3 is 0 Å². The molecule has 0 aromatic carbocycles. The maximum atomic E-state index is 4.89. The number of rotatable bonds is 7. The van der Waals surface area contributed by atoms with Gasteiger partial charge in [0.15, 0.2) is 17.3 Å². The Morgan fingerprint density at radius 2 is 1.95 bits per heavy atom. The highest BCUT2D eigenvalue weighted by Gasteiger charge is 2.17. The summed E-state index contributed by atoms with van der Waals surface area (Å²) in [5.41, 5.74) is 7.15. The number of hydrogen-bond donors (Lipinski definition) is 3. The molecule has 0 atom stereocenters. The molecule has 0 radical (unpaired) electrons. The molecule has 10 heteroatoms. The van der Waals surface area contributed by atoms with E-state index in [-0.39, 0.29) is 0 Å². The van der Waals surface area contributed by atoms with Gasteiger partial charge in [0.05, 0.1) is 16.6 Å². The van der Waals surface area contributed by atoms with E-state index < -0.39 is 0 Å². The van der Waals surface area contributed by atoms with Crippen molar-refractivity contribution in [2.24, 2.45) is 5.92 Å². The minimum absolute atomic E-state index is 0.634. The van der Waals surface area contributed by atoms with E-state index in [0.717, 1.165) is 63.8 Å². The first kappa shape index (κ1) is 22.7. The second-order valence-electron chi connectivity index (χ2n) is 10.1. The van der Waals surface area contributed by atoms with Crippen molar-refractivity contribution in [1.82, 2.24) is 50.0 Å². The molecule has 38 heavy (non-hydrogen) atoms. The highest BCUT2D eigenvalue weighted by molar-refractivity contribution is 5.94. The molecular formula is C28H28N10. The summed E-state index contributed by atoms with van der Waals surface area (Å²) < 4.78 is 1.88. The Kier molecular flexibility index (Phi) is 5.66. The summed E-state index contributed by atoms with van der Waals surface area (Å²) >= 11 is 0. The number of pyridine rings is 3. The monoisotopic (exact) mass is 504 g/mol. The van der Waals surface area contributed by atoms with Crippen molar-refractivity contribution in [2.75, 3.05) is 6.54 Å². The SMILES string of the molecule is Cc1cn(-c2nccc3[nH]c(-c4[nH]nc5ncc(-c6cncc(CNCC7CCCC7)c6)cc45)nc23)cn1. The van der Waals surface area contributed by atoms with E-state index in [1.807, 2.05) is 42.3 Å². The van der Waals surface area contributed by atoms with Gasteiger partial charge in [-0.3, -0.25) is 14.6 Å². The minimum Gasteiger partial charge on any atom is -0.336 e. The zero-order valence-corrected chi connectivity index (χ0v) is 21.1. The lowest BCUT2D eigenvalue weighted by atomic mass is 10.1. The summed E-state index contributed by atoms with van der Waals surface area (Å²) in [6.07, 6.45) is 16.5. The summed E-state index contributed by atoms with van der Waals surface area (Å²) in [5.74, 6) is 2.21. The molecule has 3 N–H and O–H groups in total. The molecule has 0 aliphatic heterocycles. The number of aryl methyl sites for hydroxylation is 1. The first-order chi connectivity index (χ1) is 18.7. The van der Waals surface area contributed by atoms with Gasteiger partial charge in [-0.05, 0) is 56.0 Å². The Bertz CT molecular complexity index is 1740. The molecule has 0 spiro atoms. The molecule has 1 fully saturated rings. The first-order valence-electron chi connectivity index (χ1n) is 13.1. The van der Waals surface area contributed by atoms with Gasteiger partial charge in [-0.25, -0.2) is 19.9 Å². The van der Waals surface area contributed by atoms with Crippen LogP contribution in [0.3, 0.4) is 0 Å². The number of hydrogen-bond acceptors (Lipinski definition) is 7. The molecule has 0 amide bonds. The second kappa shape index (κ2) is 9.46. The van der Waals surface area contributed by atoms with Crippen molar-refractivity contribution >= 4 is 22.1 Å². The van der Waals surface area contributed by atoms with Crippen LogP contribution in [0.2, 0.25) is 0 Å². The van der Waals surface area contributed by atoms with Gasteiger partial charge in [0.2, 0.25) is 0 Å². The summed E-state index contributed by atoms with van der Waals surface area (Å²) in [6.45, 7) is 3.84. The molecule has 190 valence electrons. The molecular weight excluding hydrogens is 476 g/mol. The van der Waals surface area contributed by atoms with E-state index in [2.05, 4.69) is 52.6 Å². The third-order valence-electron chi connectivity index (χ3n) is 7.35. The standard InChI is InChI=1S/C28H28N10/c1-17-15-38(16-33-17)28-25-23(6-7-31-28)34-27(35-25)24-22-9-21(14-32-26(22)37-36-24)20-8-19(12-30-13-20)11-29-10-18-4-2-3-5-18/h6-9,12-16,18,29H,2-5,10-11H2,1H3,(H,34,35)(H,32,36,37). The Hall–Kier alpha value is -4.44. The molecule has 6 heterocycles. The van der Waals surface area contributed by atoms with Gasteiger partial charge in [-0.2, -0.15) is 5.10 Å². The van der Waals surface area contributed by atoms with Crippen molar-refractivity contribution in [3.05, 3.63) is 66.8 Å². The molecule has 0 saturated heterocycles. The van der Waals surface area contributed by atoms with E-state index >= 15 is 0 Å². The number of H-pyrrole nitrogens is 2. The molecule has 0 unspecified atom stereocenters. The van der Waals surface area contributed by atoms with Gasteiger partial charge in [0.25, 0.3) is 0 Å². The largest absolute Gasteiger partial charge is 0.336 e. The maximum Gasteiger partial charge on any atom is 0.181 e. The van der Waals surface area contributed by atoms with Gasteiger partial charge < -0.3 is 10.3 Å². The maximum absolute atomic E-state index is 4.89. The average Bonchev–Trinajstić information content (AvgIpc) is 3.74. The summed E-state index contributed by atoms with van der Waals surface area (Å²) in [4.78, 5) is 26.3. The first-order valence-corrected chi connectivity index (χ1v) is 13.1.